The van der Waals surface area contributed by atoms with Crippen LogP contribution in [0.4, 0.5) is 18.9 Å². The molecule has 1 aliphatic carbocycles. The maximum absolute atomic E-state index is 12.6. The first-order chi connectivity index (χ1) is 6.95. The largest absolute Gasteiger partial charge is 0.411 e. The fourth-order valence-corrected chi connectivity index (χ4v) is 1.48. The van der Waals surface area contributed by atoms with Crippen molar-refractivity contribution in [2.75, 3.05) is 5.32 Å². The fraction of sp³-hybridized carbons (Fsp3) is 0.500. The minimum absolute atomic E-state index is 0.151. The van der Waals surface area contributed by atoms with Gasteiger partial charge in [-0.3, -0.25) is 4.98 Å². The number of rotatable bonds is 2. The number of aryl methyl sites for hydroxylation is 1. The molecule has 0 aliphatic heterocycles. The zero-order chi connectivity index (χ0) is 11.1. The molecule has 0 amide bonds. The second kappa shape index (κ2) is 3.12. The van der Waals surface area contributed by atoms with Gasteiger partial charge in [-0.15, -0.1) is 0 Å². The summed E-state index contributed by atoms with van der Waals surface area (Å²) in [5.41, 5.74) is -0.452. The third-order valence-corrected chi connectivity index (χ3v) is 2.69. The van der Waals surface area contributed by atoms with E-state index in [1.165, 1.54) is 6.20 Å². The van der Waals surface area contributed by atoms with E-state index >= 15 is 0 Å². The molecule has 0 unspecified atom stereocenters. The number of hydrogen-bond acceptors (Lipinski definition) is 2. The number of nitrogens with zero attached hydrogens (tertiary/aromatic N) is 1. The van der Waals surface area contributed by atoms with Crippen molar-refractivity contribution >= 4 is 5.69 Å². The number of pyridine rings is 1. The number of hydrogen-bond donors (Lipinski definition) is 1. The van der Waals surface area contributed by atoms with Crippen LogP contribution in [-0.2, 0) is 0 Å². The van der Waals surface area contributed by atoms with Gasteiger partial charge in [0.1, 0.15) is 5.54 Å². The zero-order valence-corrected chi connectivity index (χ0v) is 8.23. The Morgan fingerprint density at radius 3 is 2.53 bits per heavy atom. The van der Waals surface area contributed by atoms with Gasteiger partial charge in [0, 0.05) is 18.1 Å². The molecule has 82 valence electrons. The van der Waals surface area contributed by atoms with E-state index in [4.69, 9.17) is 0 Å². The van der Waals surface area contributed by atoms with Gasteiger partial charge >= 0.3 is 6.18 Å². The van der Waals surface area contributed by atoms with Gasteiger partial charge < -0.3 is 5.32 Å². The van der Waals surface area contributed by atoms with E-state index in [1.54, 1.807) is 19.2 Å². The van der Waals surface area contributed by atoms with E-state index in [9.17, 15) is 13.2 Å². The van der Waals surface area contributed by atoms with Gasteiger partial charge in [-0.05, 0) is 31.4 Å². The van der Waals surface area contributed by atoms with Gasteiger partial charge in [-0.2, -0.15) is 13.2 Å². The van der Waals surface area contributed by atoms with Crippen molar-refractivity contribution in [2.24, 2.45) is 0 Å². The highest BCUT2D eigenvalue weighted by molar-refractivity contribution is 5.52. The van der Waals surface area contributed by atoms with Crippen LogP contribution in [0.3, 0.4) is 0 Å². The van der Waals surface area contributed by atoms with Crippen molar-refractivity contribution in [1.29, 1.82) is 0 Å². The summed E-state index contributed by atoms with van der Waals surface area (Å²) < 4.78 is 37.9. The van der Waals surface area contributed by atoms with Crippen molar-refractivity contribution in [1.82, 2.24) is 4.98 Å². The quantitative estimate of drug-likeness (QED) is 0.822. The Kier molecular flexibility index (Phi) is 2.13. The molecule has 1 fully saturated rings. The summed E-state index contributed by atoms with van der Waals surface area (Å²) in [6.45, 7) is 1.74. The molecule has 0 spiro atoms. The minimum Gasteiger partial charge on any atom is -0.371 e. The van der Waals surface area contributed by atoms with Gasteiger partial charge in [0.15, 0.2) is 0 Å². The summed E-state index contributed by atoms with van der Waals surface area (Å²) in [4.78, 5) is 3.84. The van der Waals surface area contributed by atoms with E-state index < -0.39 is 11.7 Å². The second-order valence-corrected chi connectivity index (χ2v) is 3.90. The molecule has 15 heavy (non-hydrogen) atoms. The van der Waals surface area contributed by atoms with E-state index in [-0.39, 0.29) is 12.8 Å². The van der Waals surface area contributed by atoms with Crippen molar-refractivity contribution < 1.29 is 13.2 Å². The van der Waals surface area contributed by atoms with E-state index in [2.05, 4.69) is 10.3 Å². The molecular weight excluding hydrogens is 205 g/mol. The van der Waals surface area contributed by atoms with E-state index in [1.807, 2.05) is 0 Å². The van der Waals surface area contributed by atoms with Gasteiger partial charge in [0.05, 0.1) is 0 Å². The lowest BCUT2D eigenvalue weighted by molar-refractivity contribution is -0.151. The lowest BCUT2D eigenvalue weighted by atomic mass is 10.2. The molecule has 0 atom stereocenters. The lowest BCUT2D eigenvalue weighted by Crippen LogP contribution is -2.38. The Morgan fingerprint density at radius 1 is 1.40 bits per heavy atom. The van der Waals surface area contributed by atoms with Crippen LogP contribution >= 0.6 is 0 Å². The smallest absolute Gasteiger partial charge is 0.371 e. The fourth-order valence-electron chi connectivity index (χ4n) is 1.48. The van der Waals surface area contributed by atoms with Crippen LogP contribution in [0.25, 0.3) is 0 Å². The highest BCUT2D eigenvalue weighted by atomic mass is 19.4. The topological polar surface area (TPSA) is 24.9 Å². The van der Waals surface area contributed by atoms with Crippen LogP contribution in [0.1, 0.15) is 18.4 Å². The Hall–Kier alpha value is -1.26. The molecule has 2 rings (SSSR count). The monoisotopic (exact) mass is 216 g/mol. The van der Waals surface area contributed by atoms with Gasteiger partial charge in [-0.1, -0.05) is 0 Å². The molecule has 1 heterocycles. The molecule has 1 N–H and O–H groups in total. The molecule has 0 radical (unpaired) electrons. The molecule has 1 aromatic rings. The molecule has 5 heteroatoms. The Bertz CT molecular complexity index is 369. The summed E-state index contributed by atoms with van der Waals surface area (Å²) in [7, 11) is 0. The molecule has 1 aromatic heterocycles. The van der Waals surface area contributed by atoms with Gasteiger partial charge in [0.25, 0.3) is 0 Å². The van der Waals surface area contributed by atoms with Gasteiger partial charge in [0.2, 0.25) is 0 Å². The first-order valence-corrected chi connectivity index (χ1v) is 4.70. The summed E-state index contributed by atoms with van der Waals surface area (Å²) in [5, 5.41) is 2.57. The van der Waals surface area contributed by atoms with E-state index in [0.717, 1.165) is 5.56 Å². The number of aromatic nitrogens is 1. The summed E-state index contributed by atoms with van der Waals surface area (Å²) in [6.07, 6.45) is -0.837. The van der Waals surface area contributed by atoms with Gasteiger partial charge in [-0.25, -0.2) is 0 Å². The van der Waals surface area contributed by atoms with Crippen LogP contribution in [0.2, 0.25) is 0 Å². The van der Waals surface area contributed by atoms with E-state index in [0.29, 0.717) is 5.69 Å². The van der Waals surface area contributed by atoms with Crippen molar-refractivity contribution in [3.63, 3.8) is 0 Å². The average molecular weight is 216 g/mol. The summed E-state index contributed by atoms with van der Waals surface area (Å²) >= 11 is 0. The number of nitrogens with one attached hydrogen (secondary N) is 1. The van der Waals surface area contributed by atoms with Crippen molar-refractivity contribution in [2.45, 2.75) is 31.5 Å². The lowest BCUT2D eigenvalue weighted by Gasteiger charge is -2.22. The Balaban J connectivity index is 2.20. The molecule has 0 aromatic carbocycles. The molecular formula is C10H11F3N2. The highest BCUT2D eigenvalue weighted by Crippen LogP contribution is 2.51. The van der Waals surface area contributed by atoms with Crippen molar-refractivity contribution in [3.05, 3.63) is 24.0 Å². The average Bonchev–Trinajstić information content (AvgIpc) is 2.89. The first kappa shape index (κ1) is 10.3. The predicted octanol–water partition coefficient (Wildman–Crippen LogP) is 2.90. The Morgan fingerprint density at radius 2 is 2.07 bits per heavy atom. The zero-order valence-electron chi connectivity index (χ0n) is 8.23. The highest BCUT2D eigenvalue weighted by Gasteiger charge is 2.63. The number of halogens is 3. The molecule has 1 aliphatic rings. The summed E-state index contributed by atoms with van der Waals surface area (Å²) in [6, 6.07) is 1.57. The Labute approximate surface area is 85.5 Å². The second-order valence-electron chi connectivity index (χ2n) is 3.90. The van der Waals surface area contributed by atoms with Crippen LogP contribution in [0, 0.1) is 6.92 Å². The SMILES string of the molecule is Cc1cnccc1NC1(C(F)(F)F)CC1. The molecule has 0 saturated heterocycles. The number of alkyl halides is 3. The van der Waals surface area contributed by atoms with Crippen LogP contribution in [0.5, 0.6) is 0 Å². The minimum atomic E-state index is -4.18. The maximum Gasteiger partial charge on any atom is 0.411 e. The summed E-state index contributed by atoms with van der Waals surface area (Å²) in [5.74, 6) is 0. The van der Waals surface area contributed by atoms with Crippen molar-refractivity contribution in [3.8, 4) is 0 Å². The third-order valence-electron chi connectivity index (χ3n) is 2.69. The maximum atomic E-state index is 12.6. The number of anilines is 1. The normalized spacial score (nSPS) is 18.7. The molecule has 0 bridgehead atoms. The van der Waals surface area contributed by atoms with Crippen LogP contribution in [-0.4, -0.2) is 16.7 Å². The first-order valence-electron chi connectivity index (χ1n) is 4.70. The molecule has 1 saturated carbocycles. The van der Waals surface area contributed by atoms with Crippen LogP contribution in [0.15, 0.2) is 18.5 Å². The predicted molar refractivity (Wildman–Crippen MR) is 50.6 cm³/mol. The van der Waals surface area contributed by atoms with Crippen LogP contribution < -0.4 is 5.32 Å². The standard InChI is InChI=1S/C10H11F3N2/c1-7-6-14-5-2-8(7)15-9(3-4-9)10(11,12)13/h2,5-6H,3-4H2,1H3,(H,14,15). The molecule has 2 nitrogen and oxygen atoms in total. The third kappa shape index (κ3) is 1.78.